The van der Waals surface area contributed by atoms with E-state index < -0.39 is 0 Å². The molecule has 28 heavy (non-hydrogen) atoms. The number of benzene rings is 1. The van der Waals surface area contributed by atoms with Crippen LogP contribution in [0.2, 0.25) is 0 Å². The van der Waals surface area contributed by atoms with Gasteiger partial charge in [-0.3, -0.25) is 4.99 Å². The number of nitrogens with zero attached hydrogens (tertiary/aromatic N) is 2. The third kappa shape index (κ3) is 4.57. The predicted octanol–water partition coefficient (Wildman–Crippen LogP) is 4.81. The fourth-order valence-electron chi connectivity index (χ4n) is 3.51. The summed E-state index contributed by atoms with van der Waals surface area (Å²) in [7, 11) is 1.80. The Morgan fingerprint density at radius 3 is 2.64 bits per heavy atom. The van der Waals surface area contributed by atoms with E-state index in [2.05, 4.69) is 50.9 Å². The summed E-state index contributed by atoms with van der Waals surface area (Å²) in [5, 5.41) is 8.85. The van der Waals surface area contributed by atoms with Crippen LogP contribution >= 0.6 is 35.3 Å². The summed E-state index contributed by atoms with van der Waals surface area (Å²) in [4.78, 5) is 9.93. The molecule has 0 atom stereocenters. The van der Waals surface area contributed by atoms with Crippen molar-refractivity contribution in [2.45, 2.75) is 31.2 Å². The van der Waals surface area contributed by atoms with E-state index in [0.29, 0.717) is 12.4 Å². The summed E-state index contributed by atoms with van der Waals surface area (Å²) in [6, 6.07) is 14.8. The fraction of sp³-hybridized carbons (Fsp3) is 0.333. The number of guanidine groups is 1. The molecule has 1 fully saturated rings. The molecule has 0 amide bonds. The molecule has 0 unspecified atom stereocenters. The lowest BCUT2D eigenvalue weighted by Gasteiger charge is -2.43. The molecular formula is C21H25IN4OS. The summed E-state index contributed by atoms with van der Waals surface area (Å²) in [6.07, 6.45) is 5.42. The topological polar surface area (TPSA) is 62.5 Å². The van der Waals surface area contributed by atoms with E-state index in [1.807, 2.05) is 17.5 Å². The Balaban J connectivity index is 0.00000225. The number of aliphatic imine (C=N–C) groups is 1. The highest BCUT2D eigenvalue weighted by molar-refractivity contribution is 14.0. The normalized spacial score (nSPS) is 15.4. The Labute approximate surface area is 186 Å². The molecule has 2 heterocycles. The minimum atomic E-state index is 0. The molecule has 1 aromatic carbocycles. The van der Waals surface area contributed by atoms with Gasteiger partial charge < -0.3 is 15.1 Å². The SMILES string of the molecule is CN=C(NCc1coc(-c2cccs2)n1)NCC1(c2ccccc2)CCC1.I. The van der Waals surface area contributed by atoms with Crippen molar-refractivity contribution in [2.24, 2.45) is 4.99 Å². The van der Waals surface area contributed by atoms with Gasteiger partial charge in [0.05, 0.1) is 17.1 Å². The second-order valence-electron chi connectivity index (χ2n) is 6.90. The molecular weight excluding hydrogens is 483 g/mol. The quantitative estimate of drug-likeness (QED) is 0.285. The Hall–Kier alpha value is -1.87. The van der Waals surface area contributed by atoms with Crippen LogP contribution in [0.25, 0.3) is 10.8 Å². The van der Waals surface area contributed by atoms with Gasteiger partial charge in [0.2, 0.25) is 5.89 Å². The average Bonchev–Trinajstić information content (AvgIpc) is 3.35. The van der Waals surface area contributed by atoms with Crippen molar-refractivity contribution in [3.8, 4) is 10.8 Å². The van der Waals surface area contributed by atoms with Crippen LogP contribution in [0, 0.1) is 0 Å². The molecule has 0 bridgehead atoms. The molecule has 1 aliphatic carbocycles. The van der Waals surface area contributed by atoms with Gasteiger partial charge in [-0.05, 0) is 29.9 Å². The molecule has 0 aliphatic heterocycles. The van der Waals surface area contributed by atoms with Crippen LogP contribution in [0.4, 0.5) is 0 Å². The number of hydrogen-bond donors (Lipinski definition) is 2. The van der Waals surface area contributed by atoms with Gasteiger partial charge in [-0.25, -0.2) is 4.98 Å². The minimum Gasteiger partial charge on any atom is -0.443 e. The van der Waals surface area contributed by atoms with Crippen LogP contribution in [-0.2, 0) is 12.0 Å². The lowest BCUT2D eigenvalue weighted by molar-refractivity contribution is 0.244. The predicted molar refractivity (Wildman–Crippen MR) is 125 cm³/mol. The third-order valence-corrected chi connectivity index (χ3v) is 6.09. The second-order valence-corrected chi connectivity index (χ2v) is 7.85. The molecule has 3 aromatic rings. The monoisotopic (exact) mass is 508 g/mol. The first-order valence-electron chi connectivity index (χ1n) is 9.27. The van der Waals surface area contributed by atoms with Crippen molar-refractivity contribution < 1.29 is 4.42 Å². The van der Waals surface area contributed by atoms with Gasteiger partial charge in [0.15, 0.2) is 5.96 Å². The zero-order valence-corrected chi connectivity index (χ0v) is 19.0. The lowest BCUT2D eigenvalue weighted by Crippen LogP contribution is -2.48. The zero-order valence-electron chi connectivity index (χ0n) is 15.9. The molecule has 2 N–H and O–H groups in total. The summed E-state index contributed by atoms with van der Waals surface area (Å²) >= 11 is 1.62. The highest BCUT2D eigenvalue weighted by Crippen LogP contribution is 2.43. The number of aromatic nitrogens is 1. The van der Waals surface area contributed by atoms with Crippen molar-refractivity contribution in [3.63, 3.8) is 0 Å². The molecule has 1 saturated carbocycles. The number of oxazole rings is 1. The first-order chi connectivity index (χ1) is 13.3. The molecule has 0 radical (unpaired) electrons. The molecule has 7 heteroatoms. The number of thiophene rings is 1. The van der Waals surface area contributed by atoms with Crippen LogP contribution in [0.3, 0.4) is 0 Å². The molecule has 2 aromatic heterocycles. The zero-order chi connectivity index (χ0) is 18.5. The molecule has 5 nitrogen and oxygen atoms in total. The molecule has 0 spiro atoms. The van der Waals surface area contributed by atoms with Gasteiger partial charge in [0.1, 0.15) is 6.26 Å². The Kier molecular flexibility index (Phi) is 7.12. The highest BCUT2D eigenvalue weighted by atomic mass is 127. The third-order valence-electron chi connectivity index (χ3n) is 5.24. The maximum atomic E-state index is 5.57. The summed E-state index contributed by atoms with van der Waals surface area (Å²) < 4.78 is 5.57. The van der Waals surface area contributed by atoms with Gasteiger partial charge in [-0.15, -0.1) is 35.3 Å². The van der Waals surface area contributed by atoms with E-state index in [1.165, 1.54) is 24.8 Å². The Morgan fingerprint density at radius 2 is 2.00 bits per heavy atom. The van der Waals surface area contributed by atoms with E-state index in [4.69, 9.17) is 4.42 Å². The van der Waals surface area contributed by atoms with E-state index in [0.717, 1.165) is 23.1 Å². The molecule has 0 saturated heterocycles. The number of nitrogens with one attached hydrogen (secondary N) is 2. The molecule has 148 valence electrons. The van der Waals surface area contributed by atoms with Gasteiger partial charge in [0, 0.05) is 19.0 Å². The largest absolute Gasteiger partial charge is 0.443 e. The maximum Gasteiger partial charge on any atom is 0.236 e. The Bertz CT molecular complexity index is 888. The second kappa shape index (κ2) is 9.56. The summed E-state index contributed by atoms with van der Waals surface area (Å²) in [6.45, 7) is 1.46. The first-order valence-corrected chi connectivity index (χ1v) is 10.2. The maximum absolute atomic E-state index is 5.57. The first kappa shape index (κ1) is 20.9. The van der Waals surface area contributed by atoms with Crippen molar-refractivity contribution >= 4 is 41.3 Å². The minimum absolute atomic E-state index is 0. The van der Waals surface area contributed by atoms with Crippen LogP contribution in [0.15, 0.2) is 63.5 Å². The van der Waals surface area contributed by atoms with Gasteiger partial charge >= 0.3 is 0 Å². The molecule has 1 aliphatic rings. The van der Waals surface area contributed by atoms with E-state index >= 15 is 0 Å². The van der Waals surface area contributed by atoms with Crippen LogP contribution in [0.5, 0.6) is 0 Å². The van der Waals surface area contributed by atoms with Crippen LogP contribution in [-0.4, -0.2) is 24.5 Å². The number of hydrogen-bond acceptors (Lipinski definition) is 4. The van der Waals surface area contributed by atoms with E-state index in [9.17, 15) is 0 Å². The fourth-order valence-corrected chi connectivity index (χ4v) is 4.17. The highest BCUT2D eigenvalue weighted by Gasteiger charge is 2.38. The van der Waals surface area contributed by atoms with E-state index in [1.54, 1.807) is 24.6 Å². The van der Waals surface area contributed by atoms with Gasteiger partial charge in [0.25, 0.3) is 0 Å². The van der Waals surface area contributed by atoms with Crippen LogP contribution < -0.4 is 10.6 Å². The van der Waals surface area contributed by atoms with Crippen molar-refractivity contribution in [2.75, 3.05) is 13.6 Å². The van der Waals surface area contributed by atoms with Crippen LogP contribution in [0.1, 0.15) is 30.5 Å². The average molecular weight is 508 g/mol. The van der Waals surface area contributed by atoms with Crippen molar-refractivity contribution in [1.29, 1.82) is 0 Å². The molecule has 4 rings (SSSR count). The van der Waals surface area contributed by atoms with Gasteiger partial charge in [-0.1, -0.05) is 42.8 Å². The van der Waals surface area contributed by atoms with E-state index in [-0.39, 0.29) is 29.4 Å². The Morgan fingerprint density at radius 1 is 1.18 bits per heavy atom. The summed E-state index contributed by atoms with van der Waals surface area (Å²) in [5.41, 5.74) is 2.50. The smallest absolute Gasteiger partial charge is 0.236 e. The standard InChI is InChI=1S/C21H24N4OS.HI/c1-22-20(23-13-17-14-26-19(25-17)18-9-5-12-27-18)24-15-21(10-6-11-21)16-7-3-2-4-8-16;/h2-5,7-9,12,14H,6,10-11,13,15H2,1H3,(H2,22,23,24);1H. The number of rotatable bonds is 6. The van der Waals surface area contributed by atoms with Crippen molar-refractivity contribution in [3.05, 3.63) is 65.4 Å². The van der Waals surface area contributed by atoms with Gasteiger partial charge in [-0.2, -0.15) is 0 Å². The summed E-state index contributed by atoms with van der Waals surface area (Å²) in [5.74, 6) is 1.46. The van der Waals surface area contributed by atoms with Crippen molar-refractivity contribution in [1.82, 2.24) is 15.6 Å². The lowest BCUT2D eigenvalue weighted by atomic mass is 9.64. The number of halogens is 1.